The minimum absolute atomic E-state index is 0.0272. The van der Waals surface area contributed by atoms with Gasteiger partial charge in [0.05, 0.1) is 5.52 Å². The first-order chi connectivity index (χ1) is 10.1. The predicted octanol–water partition coefficient (Wildman–Crippen LogP) is 2.43. The molecule has 1 aliphatic rings. The van der Waals surface area contributed by atoms with Crippen LogP contribution in [0.25, 0.3) is 10.9 Å². The lowest BCUT2D eigenvalue weighted by molar-refractivity contribution is 0.257. The van der Waals surface area contributed by atoms with Crippen molar-refractivity contribution in [2.75, 3.05) is 18.9 Å². The van der Waals surface area contributed by atoms with Crippen LogP contribution in [0.4, 0.5) is 5.69 Å². The van der Waals surface area contributed by atoms with Gasteiger partial charge in [0.15, 0.2) is 0 Å². The number of likely N-dealkylation sites (N-methyl/N-ethyl adjacent to an activating group) is 1. The minimum Gasteiger partial charge on any atom is -0.383 e. The Morgan fingerprint density at radius 1 is 1.38 bits per heavy atom. The van der Waals surface area contributed by atoms with Crippen LogP contribution in [0.15, 0.2) is 35.1 Å². The van der Waals surface area contributed by atoms with Gasteiger partial charge in [0, 0.05) is 42.8 Å². The number of benzene rings is 1. The SMILES string of the molecule is CC(CNc1cc(=O)n(C)c2ccccc12)N(C)C1CC1. The summed E-state index contributed by atoms with van der Waals surface area (Å²) in [5.74, 6) is 0. The fraction of sp³-hybridized carbons (Fsp3) is 0.471. The van der Waals surface area contributed by atoms with E-state index in [1.807, 2.05) is 25.2 Å². The number of aromatic nitrogens is 1. The molecule has 1 aromatic carbocycles. The molecule has 4 nitrogen and oxygen atoms in total. The second-order valence-corrected chi connectivity index (χ2v) is 6.10. The molecule has 1 aliphatic carbocycles. The molecule has 1 N–H and O–H groups in total. The lowest BCUT2D eigenvalue weighted by atomic mass is 10.1. The van der Waals surface area contributed by atoms with Gasteiger partial charge in [0.1, 0.15) is 0 Å². The van der Waals surface area contributed by atoms with Gasteiger partial charge in [-0.25, -0.2) is 0 Å². The number of fused-ring (bicyclic) bond motifs is 1. The van der Waals surface area contributed by atoms with Crippen molar-refractivity contribution in [2.24, 2.45) is 7.05 Å². The van der Waals surface area contributed by atoms with Gasteiger partial charge in [-0.2, -0.15) is 0 Å². The lowest BCUT2D eigenvalue weighted by Gasteiger charge is -2.25. The van der Waals surface area contributed by atoms with Crippen LogP contribution in [-0.2, 0) is 7.05 Å². The number of rotatable bonds is 5. The lowest BCUT2D eigenvalue weighted by Crippen LogP contribution is -2.36. The van der Waals surface area contributed by atoms with E-state index in [1.54, 1.807) is 10.6 Å². The third kappa shape index (κ3) is 2.81. The molecular formula is C17H23N3O. The zero-order chi connectivity index (χ0) is 15.0. The summed E-state index contributed by atoms with van der Waals surface area (Å²) in [5.41, 5.74) is 1.93. The zero-order valence-corrected chi connectivity index (χ0v) is 13.0. The van der Waals surface area contributed by atoms with Crippen LogP contribution in [0.5, 0.6) is 0 Å². The summed E-state index contributed by atoms with van der Waals surface area (Å²) in [6.45, 7) is 3.08. The Balaban J connectivity index is 1.83. The normalized spacial score (nSPS) is 16.4. The highest BCUT2D eigenvalue weighted by Crippen LogP contribution is 2.27. The summed E-state index contributed by atoms with van der Waals surface area (Å²) < 4.78 is 1.69. The quantitative estimate of drug-likeness (QED) is 0.917. The number of anilines is 1. The second-order valence-electron chi connectivity index (χ2n) is 6.10. The number of para-hydroxylation sites is 1. The molecule has 0 amide bonds. The second kappa shape index (κ2) is 5.53. The molecule has 1 unspecified atom stereocenters. The van der Waals surface area contributed by atoms with Crippen LogP contribution in [0.1, 0.15) is 19.8 Å². The topological polar surface area (TPSA) is 37.3 Å². The summed E-state index contributed by atoms with van der Waals surface area (Å²) in [6, 6.07) is 10.9. The summed E-state index contributed by atoms with van der Waals surface area (Å²) in [4.78, 5) is 14.5. The van der Waals surface area contributed by atoms with Crippen LogP contribution >= 0.6 is 0 Å². The van der Waals surface area contributed by atoms with E-state index in [0.29, 0.717) is 6.04 Å². The van der Waals surface area contributed by atoms with E-state index >= 15 is 0 Å². The zero-order valence-electron chi connectivity index (χ0n) is 13.0. The van der Waals surface area contributed by atoms with Crippen molar-refractivity contribution in [2.45, 2.75) is 31.8 Å². The number of pyridine rings is 1. The van der Waals surface area contributed by atoms with Crippen LogP contribution in [0.3, 0.4) is 0 Å². The maximum atomic E-state index is 12.1. The number of aryl methyl sites for hydroxylation is 1. The molecule has 0 spiro atoms. The van der Waals surface area contributed by atoms with Crippen molar-refractivity contribution in [3.8, 4) is 0 Å². The first kappa shape index (κ1) is 14.1. The Morgan fingerprint density at radius 2 is 2.10 bits per heavy atom. The maximum Gasteiger partial charge on any atom is 0.252 e. The van der Waals surface area contributed by atoms with Crippen LogP contribution in [-0.4, -0.2) is 35.1 Å². The summed E-state index contributed by atoms with van der Waals surface area (Å²) >= 11 is 0. The van der Waals surface area contributed by atoms with Gasteiger partial charge in [-0.3, -0.25) is 9.69 Å². The Kier molecular flexibility index (Phi) is 3.72. The van der Waals surface area contributed by atoms with Gasteiger partial charge in [0.2, 0.25) is 0 Å². The van der Waals surface area contributed by atoms with Crippen molar-refractivity contribution in [3.63, 3.8) is 0 Å². The Labute approximate surface area is 125 Å². The number of hydrogen-bond acceptors (Lipinski definition) is 3. The van der Waals surface area contributed by atoms with E-state index in [2.05, 4.69) is 30.3 Å². The van der Waals surface area contributed by atoms with E-state index in [1.165, 1.54) is 12.8 Å². The fourth-order valence-corrected chi connectivity index (χ4v) is 2.80. The molecule has 3 rings (SSSR count). The van der Waals surface area contributed by atoms with Crippen molar-refractivity contribution in [1.29, 1.82) is 0 Å². The third-order valence-electron chi connectivity index (χ3n) is 4.56. The van der Waals surface area contributed by atoms with E-state index in [0.717, 1.165) is 29.2 Å². The molecule has 1 fully saturated rings. The van der Waals surface area contributed by atoms with Crippen LogP contribution < -0.4 is 10.9 Å². The highest BCUT2D eigenvalue weighted by Gasteiger charge is 2.28. The largest absolute Gasteiger partial charge is 0.383 e. The molecule has 4 heteroatoms. The van der Waals surface area contributed by atoms with Gasteiger partial charge in [-0.1, -0.05) is 18.2 Å². The number of nitrogens with one attached hydrogen (secondary N) is 1. The number of nitrogens with zero attached hydrogens (tertiary/aromatic N) is 2. The monoisotopic (exact) mass is 285 g/mol. The predicted molar refractivity (Wildman–Crippen MR) is 87.9 cm³/mol. The molecule has 1 saturated carbocycles. The first-order valence-electron chi connectivity index (χ1n) is 7.62. The van der Waals surface area contributed by atoms with Crippen molar-refractivity contribution >= 4 is 16.6 Å². The standard InChI is InChI=1S/C17H23N3O/c1-12(19(2)13-8-9-13)11-18-15-10-17(21)20(3)16-7-5-4-6-14(15)16/h4-7,10,12-13,18H,8-9,11H2,1-3H3. The molecule has 1 heterocycles. The van der Waals surface area contributed by atoms with Crippen molar-refractivity contribution in [1.82, 2.24) is 9.47 Å². The molecule has 0 saturated heterocycles. The average molecular weight is 285 g/mol. The van der Waals surface area contributed by atoms with E-state index in [9.17, 15) is 4.79 Å². The van der Waals surface area contributed by atoms with Gasteiger partial charge < -0.3 is 9.88 Å². The maximum absolute atomic E-state index is 12.1. The highest BCUT2D eigenvalue weighted by molar-refractivity contribution is 5.91. The Bertz CT molecular complexity index is 703. The van der Waals surface area contributed by atoms with Crippen LogP contribution in [0, 0.1) is 0 Å². The molecule has 0 bridgehead atoms. The molecule has 0 aliphatic heterocycles. The Hall–Kier alpha value is -1.81. The average Bonchev–Trinajstić information content (AvgIpc) is 3.33. The van der Waals surface area contributed by atoms with Gasteiger partial charge >= 0.3 is 0 Å². The van der Waals surface area contributed by atoms with Gasteiger partial charge in [-0.15, -0.1) is 0 Å². The first-order valence-corrected chi connectivity index (χ1v) is 7.62. The Morgan fingerprint density at radius 3 is 2.81 bits per heavy atom. The molecular weight excluding hydrogens is 262 g/mol. The molecule has 112 valence electrons. The third-order valence-corrected chi connectivity index (χ3v) is 4.56. The molecule has 1 aromatic heterocycles. The van der Waals surface area contributed by atoms with Crippen molar-refractivity contribution in [3.05, 3.63) is 40.7 Å². The highest BCUT2D eigenvalue weighted by atomic mass is 16.1. The van der Waals surface area contributed by atoms with Crippen LogP contribution in [0.2, 0.25) is 0 Å². The summed E-state index contributed by atoms with van der Waals surface area (Å²) in [6.07, 6.45) is 2.63. The molecule has 1 atom stereocenters. The van der Waals surface area contributed by atoms with Gasteiger partial charge in [-0.05, 0) is 32.9 Å². The summed E-state index contributed by atoms with van der Waals surface area (Å²) in [7, 11) is 4.00. The fourth-order valence-electron chi connectivity index (χ4n) is 2.80. The molecule has 21 heavy (non-hydrogen) atoms. The van der Waals surface area contributed by atoms with Crippen molar-refractivity contribution < 1.29 is 0 Å². The molecule has 0 radical (unpaired) electrons. The smallest absolute Gasteiger partial charge is 0.252 e. The minimum atomic E-state index is 0.0272. The van der Waals surface area contributed by atoms with E-state index in [4.69, 9.17) is 0 Å². The van der Waals surface area contributed by atoms with E-state index in [-0.39, 0.29) is 5.56 Å². The number of hydrogen-bond donors (Lipinski definition) is 1. The summed E-state index contributed by atoms with van der Waals surface area (Å²) in [5, 5.41) is 4.56. The van der Waals surface area contributed by atoms with E-state index < -0.39 is 0 Å². The molecule has 2 aromatic rings. The van der Waals surface area contributed by atoms with Gasteiger partial charge in [0.25, 0.3) is 5.56 Å².